The average molecular weight is 343 g/mol. The van der Waals surface area contributed by atoms with Gasteiger partial charge in [0.2, 0.25) is 0 Å². The van der Waals surface area contributed by atoms with Crippen LogP contribution in [-0.4, -0.2) is 25.8 Å². The molecule has 0 spiro atoms. The summed E-state index contributed by atoms with van der Waals surface area (Å²) in [7, 11) is 1.86. The Morgan fingerprint density at radius 3 is 1.75 bits per heavy atom. The maximum absolute atomic E-state index is 11.2. The molecule has 0 aromatic heterocycles. The lowest BCUT2D eigenvalue weighted by Gasteiger charge is -2.15. The maximum Gasteiger partial charge on any atom is 0.305 e. The summed E-state index contributed by atoms with van der Waals surface area (Å²) in [6, 6.07) is 0. The number of hydrogen-bond acceptors (Lipinski definition) is 3. The summed E-state index contributed by atoms with van der Waals surface area (Å²) in [6.45, 7) is 4.62. The van der Waals surface area contributed by atoms with E-state index in [2.05, 4.69) is 6.92 Å². The van der Waals surface area contributed by atoms with Crippen LogP contribution in [0.5, 0.6) is 0 Å². The van der Waals surface area contributed by atoms with Crippen LogP contribution in [0.3, 0.4) is 0 Å². The van der Waals surface area contributed by atoms with Gasteiger partial charge in [0.1, 0.15) is 0 Å². The molecule has 144 valence electrons. The molecule has 0 aliphatic rings. The molecule has 3 nitrogen and oxygen atoms in total. The molecule has 3 heteroatoms. The number of hydrogen-bond donors (Lipinski definition) is 0. The van der Waals surface area contributed by atoms with Crippen molar-refractivity contribution in [1.82, 2.24) is 0 Å². The summed E-state index contributed by atoms with van der Waals surface area (Å²) < 4.78 is 10.5. The molecule has 0 saturated heterocycles. The van der Waals surface area contributed by atoms with E-state index in [0.29, 0.717) is 19.1 Å². The molecular formula is C21H42O3. The van der Waals surface area contributed by atoms with Gasteiger partial charge in [-0.2, -0.15) is 0 Å². The fourth-order valence-electron chi connectivity index (χ4n) is 3.11. The van der Waals surface area contributed by atoms with Gasteiger partial charge in [0, 0.05) is 13.5 Å². The minimum absolute atomic E-state index is 0.0418. The summed E-state index contributed by atoms with van der Waals surface area (Å²) in [5.41, 5.74) is 0. The summed E-state index contributed by atoms with van der Waals surface area (Å²) in [5.74, 6) is -0.0418. The largest absolute Gasteiger partial charge is 0.466 e. The first kappa shape index (κ1) is 23.4. The standard InChI is InChI=1S/C21H42O3/c1-4-6-7-14-17-20(23-3)18-15-12-10-8-9-11-13-16-19-21(22)24-5-2/h20H,4-19H2,1-3H3. The van der Waals surface area contributed by atoms with Gasteiger partial charge in [0.25, 0.3) is 0 Å². The highest BCUT2D eigenvalue weighted by atomic mass is 16.5. The Bertz CT molecular complexity index is 266. The zero-order chi connectivity index (χ0) is 17.9. The smallest absolute Gasteiger partial charge is 0.305 e. The van der Waals surface area contributed by atoms with Crippen LogP contribution in [0.2, 0.25) is 0 Å². The Morgan fingerprint density at radius 1 is 0.750 bits per heavy atom. The molecule has 0 fully saturated rings. The van der Waals surface area contributed by atoms with Crippen molar-refractivity contribution in [2.75, 3.05) is 13.7 Å². The second-order valence-corrected chi connectivity index (χ2v) is 6.88. The van der Waals surface area contributed by atoms with Crippen LogP contribution in [0.4, 0.5) is 0 Å². The van der Waals surface area contributed by atoms with E-state index >= 15 is 0 Å². The molecule has 0 heterocycles. The number of rotatable bonds is 18. The number of unbranched alkanes of at least 4 members (excludes halogenated alkanes) is 10. The van der Waals surface area contributed by atoms with Crippen molar-refractivity contribution in [3.05, 3.63) is 0 Å². The van der Waals surface area contributed by atoms with E-state index in [1.165, 1.54) is 77.0 Å². The first-order chi connectivity index (χ1) is 11.7. The van der Waals surface area contributed by atoms with Crippen molar-refractivity contribution < 1.29 is 14.3 Å². The van der Waals surface area contributed by atoms with E-state index in [-0.39, 0.29) is 5.97 Å². The van der Waals surface area contributed by atoms with Crippen molar-refractivity contribution in [2.45, 2.75) is 116 Å². The van der Waals surface area contributed by atoms with Crippen LogP contribution < -0.4 is 0 Å². The van der Waals surface area contributed by atoms with Gasteiger partial charge >= 0.3 is 5.97 Å². The maximum atomic E-state index is 11.2. The fraction of sp³-hybridized carbons (Fsp3) is 0.952. The van der Waals surface area contributed by atoms with Crippen molar-refractivity contribution in [1.29, 1.82) is 0 Å². The highest BCUT2D eigenvalue weighted by molar-refractivity contribution is 5.69. The summed E-state index contributed by atoms with van der Waals surface area (Å²) in [4.78, 5) is 11.2. The first-order valence-electron chi connectivity index (χ1n) is 10.4. The monoisotopic (exact) mass is 342 g/mol. The van der Waals surface area contributed by atoms with E-state index in [9.17, 15) is 4.79 Å². The highest BCUT2D eigenvalue weighted by Gasteiger charge is 2.06. The van der Waals surface area contributed by atoms with Crippen molar-refractivity contribution in [2.24, 2.45) is 0 Å². The molecule has 24 heavy (non-hydrogen) atoms. The third kappa shape index (κ3) is 16.3. The van der Waals surface area contributed by atoms with E-state index < -0.39 is 0 Å². The van der Waals surface area contributed by atoms with E-state index in [1.807, 2.05) is 14.0 Å². The Morgan fingerprint density at radius 2 is 1.25 bits per heavy atom. The number of methoxy groups -OCH3 is 1. The molecule has 1 unspecified atom stereocenters. The lowest BCUT2D eigenvalue weighted by Crippen LogP contribution is -2.10. The van der Waals surface area contributed by atoms with Crippen LogP contribution in [-0.2, 0) is 14.3 Å². The zero-order valence-corrected chi connectivity index (χ0v) is 16.6. The molecule has 0 aliphatic carbocycles. The van der Waals surface area contributed by atoms with E-state index in [4.69, 9.17) is 9.47 Å². The Balaban J connectivity index is 3.29. The molecule has 1 atom stereocenters. The number of carbonyl (C=O) groups excluding carboxylic acids is 1. The van der Waals surface area contributed by atoms with Gasteiger partial charge < -0.3 is 9.47 Å². The van der Waals surface area contributed by atoms with Crippen molar-refractivity contribution in [3.8, 4) is 0 Å². The van der Waals surface area contributed by atoms with Crippen LogP contribution in [0, 0.1) is 0 Å². The second kappa shape index (κ2) is 18.8. The lowest BCUT2D eigenvalue weighted by atomic mass is 10.0. The van der Waals surface area contributed by atoms with Crippen LogP contribution in [0.25, 0.3) is 0 Å². The van der Waals surface area contributed by atoms with Gasteiger partial charge in [0.15, 0.2) is 0 Å². The SMILES string of the molecule is CCCCCCC(CCCCCCCCCCC(=O)OCC)OC. The molecule has 0 bridgehead atoms. The average Bonchev–Trinajstić information content (AvgIpc) is 2.58. The van der Waals surface area contributed by atoms with Gasteiger partial charge in [-0.25, -0.2) is 0 Å². The Kier molecular flexibility index (Phi) is 18.3. The number of esters is 1. The van der Waals surface area contributed by atoms with Crippen LogP contribution in [0.1, 0.15) is 110 Å². The number of ether oxygens (including phenoxy) is 2. The predicted molar refractivity (Wildman–Crippen MR) is 102 cm³/mol. The summed E-state index contributed by atoms with van der Waals surface area (Å²) in [6.07, 6.45) is 18.8. The molecule has 0 aliphatic heterocycles. The van der Waals surface area contributed by atoms with Crippen molar-refractivity contribution in [3.63, 3.8) is 0 Å². The molecule has 0 amide bonds. The molecule has 0 N–H and O–H groups in total. The Hall–Kier alpha value is -0.570. The fourth-order valence-corrected chi connectivity index (χ4v) is 3.11. The van der Waals surface area contributed by atoms with Crippen molar-refractivity contribution >= 4 is 5.97 Å². The topological polar surface area (TPSA) is 35.5 Å². The van der Waals surface area contributed by atoms with Crippen LogP contribution in [0.15, 0.2) is 0 Å². The van der Waals surface area contributed by atoms with Gasteiger partial charge in [-0.05, 0) is 26.2 Å². The molecule has 0 aromatic rings. The number of carbonyl (C=O) groups is 1. The first-order valence-corrected chi connectivity index (χ1v) is 10.4. The third-order valence-corrected chi connectivity index (χ3v) is 4.68. The molecule has 0 saturated carbocycles. The zero-order valence-electron chi connectivity index (χ0n) is 16.6. The summed E-state index contributed by atoms with van der Waals surface area (Å²) >= 11 is 0. The predicted octanol–water partition coefficient (Wildman–Crippen LogP) is 6.44. The minimum atomic E-state index is -0.0418. The molecule has 0 radical (unpaired) electrons. The third-order valence-electron chi connectivity index (χ3n) is 4.68. The van der Waals surface area contributed by atoms with Gasteiger partial charge in [-0.15, -0.1) is 0 Å². The van der Waals surface area contributed by atoms with E-state index in [0.717, 1.165) is 12.8 Å². The molecule has 0 aromatic carbocycles. The second-order valence-electron chi connectivity index (χ2n) is 6.88. The van der Waals surface area contributed by atoms with Crippen LogP contribution >= 0.6 is 0 Å². The van der Waals surface area contributed by atoms with Gasteiger partial charge in [0.05, 0.1) is 12.7 Å². The lowest BCUT2D eigenvalue weighted by molar-refractivity contribution is -0.143. The summed E-state index contributed by atoms with van der Waals surface area (Å²) in [5, 5.41) is 0. The normalized spacial score (nSPS) is 12.3. The van der Waals surface area contributed by atoms with Gasteiger partial charge in [-0.3, -0.25) is 4.79 Å². The van der Waals surface area contributed by atoms with Gasteiger partial charge in [-0.1, -0.05) is 77.6 Å². The quantitative estimate of drug-likeness (QED) is 0.212. The molecule has 0 rings (SSSR count). The Labute approximate surface area is 150 Å². The molecular weight excluding hydrogens is 300 g/mol. The van der Waals surface area contributed by atoms with E-state index in [1.54, 1.807) is 0 Å². The minimum Gasteiger partial charge on any atom is -0.466 e. The highest BCUT2D eigenvalue weighted by Crippen LogP contribution is 2.16.